The quantitative estimate of drug-likeness (QED) is 0.604. The van der Waals surface area contributed by atoms with Crippen LogP contribution in [0.3, 0.4) is 0 Å². The molecule has 1 N–H and O–H groups in total. The van der Waals surface area contributed by atoms with Crippen LogP contribution in [0.2, 0.25) is 0 Å². The molecule has 0 aliphatic rings. The molecule has 1 aromatic carbocycles. The van der Waals surface area contributed by atoms with Crippen LogP contribution in [0.5, 0.6) is 0 Å². The monoisotopic (exact) mass is 418 g/mol. The van der Waals surface area contributed by atoms with Crippen LogP contribution in [0.1, 0.15) is 12.7 Å². The number of nitrogens with zero attached hydrogens (tertiary/aromatic N) is 3. The van der Waals surface area contributed by atoms with E-state index >= 15 is 0 Å². The minimum Gasteiger partial charge on any atom is -0.334 e. The Morgan fingerprint density at radius 3 is 2.80 bits per heavy atom. The van der Waals surface area contributed by atoms with Gasteiger partial charge in [0.15, 0.2) is 5.82 Å². The standard InChI is InChI=1S/C17H15BrN4O2S/c1-2-14-21-17(24-22-14)11-7-8-19-16(9-11)25-10-15(23)20-13-5-3-12(18)4-6-13/h3-9H,2,10H2,1H3,(H,20,23). The van der Waals surface area contributed by atoms with Gasteiger partial charge in [-0.25, -0.2) is 4.98 Å². The van der Waals surface area contributed by atoms with Crippen molar-refractivity contribution in [2.24, 2.45) is 0 Å². The number of aryl methyl sites for hydroxylation is 1. The normalized spacial score (nSPS) is 10.6. The van der Waals surface area contributed by atoms with Crippen molar-refractivity contribution in [1.29, 1.82) is 0 Å². The fourth-order valence-corrected chi connectivity index (χ4v) is 2.97. The highest BCUT2D eigenvalue weighted by Crippen LogP contribution is 2.23. The van der Waals surface area contributed by atoms with Gasteiger partial charge in [-0.1, -0.05) is 39.8 Å². The summed E-state index contributed by atoms with van der Waals surface area (Å²) in [6.07, 6.45) is 2.38. The number of amides is 1. The van der Waals surface area contributed by atoms with Gasteiger partial charge in [0.2, 0.25) is 5.91 Å². The SMILES string of the molecule is CCc1noc(-c2ccnc(SCC(=O)Nc3ccc(Br)cc3)c2)n1. The van der Waals surface area contributed by atoms with Crippen molar-refractivity contribution in [2.75, 3.05) is 11.1 Å². The second-order valence-electron chi connectivity index (χ2n) is 5.10. The first kappa shape index (κ1) is 17.6. The van der Waals surface area contributed by atoms with Crippen molar-refractivity contribution in [1.82, 2.24) is 15.1 Å². The zero-order valence-electron chi connectivity index (χ0n) is 13.4. The van der Waals surface area contributed by atoms with Crippen molar-refractivity contribution < 1.29 is 9.32 Å². The fraction of sp³-hybridized carbons (Fsp3) is 0.176. The average molecular weight is 419 g/mol. The Labute approximate surface area is 157 Å². The molecule has 0 bridgehead atoms. The topological polar surface area (TPSA) is 80.9 Å². The van der Waals surface area contributed by atoms with E-state index in [-0.39, 0.29) is 11.7 Å². The molecule has 0 aliphatic heterocycles. The molecule has 25 heavy (non-hydrogen) atoms. The molecule has 3 aromatic rings. The summed E-state index contributed by atoms with van der Waals surface area (Å²) in [6, 6.07) is 11.1. The molecule has 6 nitrogen and oxygen atoms in total. The smallest absolute Gasteiger partial charge is 0.258 e. The number of halogens is 1. The lowest BCUT2D eigenvalue weighted by Gasteiger charge is -2.05. The largest absolute Gasteiger partial charge is 0.334 e. The Hall–Kier alpha value is -2.19. The van der Waals surface area contributed by atoms with Crippen molar-refractivity contribution in [2.45, 2.75) is 18.4 Å². The predicted molar refractivity (Wildman–Crippen MR) is 100 cm³/mol. The van der Waals surface area contributed by atoms with E-state index in [9.17, 15) is 4.79 Å². The lowest BCUT2D eigenvalue weighted by molar-refractivity contribution is -0.113. The lowest BCUT2D eigenvalue weighted by atomic mass is 10.3. The third-order valence-electron chi connectivity index (χ3n) is 3.25. The molecular formula is C17H15BrN4O2S. The highest BCUT2D eigenvalue weighted by atomic mass is 79.9. The fourth-order valence-electron chi connectivity index (χ4n) is 2.01. The molecule has 8 heteroatoms. The number of benzene rings is 1. The molecule has 2 heterocycles. The molecule has 128 valence electrons. The molecule has 1 amide bonds. The predicted octanol–water partition coefficient (Wildman–Crippen LogP) is 4.19. The van der Waals surface area contributed by atoms with E-state index in [0.717, 1.165) is 20.7 Å². The molecule has 0 unspecified atom stereocenters. The van der Waals surface area contributed by atoms with Crippen molar-refractivity contribution in [3.05, 3.63) is 52.9 Å². The van der Waals surface area contributed by atoms with Gasteiger partial charge < -0.3 is 9.84 Å². The van der Waals surface area contributed by atoms with Crippen LogP contribution in [0.15, 0.2) is 56.6 Å². The summed E-state index contributed by atoms with van der Waals surface area (Å²) in [5.74, 6) is 1.29. The van der Waals surface area contributed by atoms with Gasteiger partial charge in [-0.2, -0.15) is 4.98 Å². The van der Waals surface area contributed by atoms with Gasteiger partial charge >= 0.3 is 0 Å². The van der Waals surface area contributed by atoms with Gasteiger partial charge in [-0.15, -0.1) is 0 Å². The van der Waals surface area contributed by atoms with Crippen LogP contribution in [0.4, 0.5) is 5.69 Å². The highest BCUT2D eigenvalue weighted by molar-refractivity contribution is 9.10. The van der Waals surface area contributed by atoms with Crippen LogP contribution >= 0.6 is 27.7 Å². The summed E-state index contributed by atoms with van der Waals surface area (Å²) in [6.45, 7) is 1.96. The van der Waals surface area contributed by atoms with E-state index in [2.05, 4.69) is 36.4 Å². The maximum Gasteiger partial charge on any atom is 0.258 e. The maximum atomic E-state index is 12.1. The Morgan fingerprint density at radius 2 is 2.08 bits per heavy atom. The summed E-state index contributed by atoms with van der Waals surface area (Å²) >= 11 is 4.71. The summed E-state index contributed by atoms with van der Waals surface area (Å²) in [5.41, 5.74) is 1.55. The van der Waals surface area contributed by atoms with E-state index in [1.54, 1.807) is 12.3 Å². The molecule has 0 saturated carbocycles. The van der Waals surface area contributed by atoms with Crippen LogP contribution in [0.25, 0.3) is 11.5 Å². The van der Waals surface area contributed by atoms with Crippen LogP contribution in [-0.4, -0.2) is 26.8 Å². The number of hydrogen-bond acceptors (Lipinski definition) is 6. The molecule has 0 fully saturated rings. The second kappa shape index (κ2) is 8.26. The maximum absolute atomic E-state index is 12.1. The molecular weight excluding hydrogens is 404 g/mol. The molecule has 0 saturated heterocycles. The zero-order valence-corrected chi connectivity index (χ0v) is 15.8. The molecule has 0 radical (unpaired) electrons. The summed E-state index contributed by atoms with van der Waals surface area (Å²) in [7, 11) is 0. The number of thioether (sulfide) groups is 1. The van der Waals surface area contributed by atoms with Gasteiger partial charge in [0.25, 0.3) is 5.89 Å². The average Bonchev–Trinajstić information content (AvgIpc) is 3.11. The first-order valence-electron chi connectivity index (χ1n) is 7.61. The summed E-state index contributed by atoms with van der Waals surface area (Å²) < 4.78 is 6.20. The number of rotatable bonds is 6. The number of carbonyl (C=O) groups is 1. The molecule has 0 spiro atoms. The number of anilines is 1. The van der Waals surface area contributed by atoms with E-state index in [0.29, 0.717) is 18.1 Å². The number of carbonyl (C=O) groups excluding carboxylic acids is 1. The molecule has 3 rings (SSSR count). The van der Waals surface area contributed by atoms with Crippen molar-refractivity contribution in [3.8, 4) is 11.5 Å². The highest BCUT2D eigenvalue weighted by Gasteiger charge is 2.10. The van der Waals surface area contributed by atoms with E-state index < -0.39 is 0 Å². The van der Waals surface area contributed by atoms with Gasteiger partial charge in [-0.05, 0) is 36.4 Å². The first-order valence-corrected chi connectivity index (χ1v) is 9.39. The van der Waals surface area contributed by atoms with E-state index in [1.165, 1.54) is 11.8 Å². The lowest BCUT2D eigenvalue weighted by Crippen LogP contribution is -2.13. The van der Waals surface area contributed by atoms with Gasteiger partial charge in [-0.3, -0.25) is 4.79 Å². The first-order chi connectivity index (χ1) is 12.1. The second-order valence-corrected chi connectivity index (χ2v) is 7.01. The van der Waals surface area contributed by atoms with Gasteiger partial charge in [0.05, 0.1) is 10.8 Å². The Morgan fingerprint density at radius 1 is 1.28 bits per heavy atom. The number of pyridine rings is 1. The van der Waals surface area contributed by atoms with Gasteiger partial charge in [0, 0.05) is 28.3 Å². The van der Waals surface area contributed by atoms with E-state index in [4.69, 9.17) is 4.52 Å². The van der Waals surface area contributed by atoms with Gasteiger partial charge in [0.1, 0.15) is 0 Å². The Bertz CT molecular complexity index is 867. The minimum atomic E-state index is -0.0921. The number of hydrogen-bond donors (Lipinski definition) is 1. The third kappa shape index (κ3) is 4.90. The number of aromatic nitrogens is 3. The van der Waals surface area contributed by atoms with Crippen molar-refractivity contribution >= 4 is 39.3 Å². The van der Waals surface area contributed by atoms with Crippen LogP contribution < -0.4 is 5.32 Å². The Balaban J connectivity index is 1.60. The minimum absolute atomic E-state index is 0.0921. The molecule has 2 aromatic heterocycles. The zero-order chi connectivity index (χ0) is 17.6. The number of nitrogens with one attached hydrogen (secondary N) is 1. The summed E-state index contributed by atoms with van der Waals surface area (Å²) in [4.78, 5) is 20.6. The van der Waals surface area contributed by atoms with Crippen molar-refractivity contribution in [3.63, 3.8) is 0 Å². The van der Waals surface area contributed by atoms with E-state index in [1.807, 2.05) is 37.3 Å². The van der Waals surface area contributed by atoms with Crippen LogP contribution in [0, 0.1) is 0 Å². The third-order valence-corrected chi connectivity index (χ3v) is 4.70. The molecule has 0 aliphatic carbocycles. The van der Waals surface area contributed by atoms with Crippen LogP contribution in [-0.2, 0) is 11.2 Å². The molecule has 0 atom stereocenters. The Kier molecular flexibility index (Phi) is 5.83. The summed E-state index contributed by atoms with van der Waals surface area (Å²) in [5, 5.41) is 7.46.